The van der Waals surface area contributed by atoms with Gasteiger partial charge in [0.05, 0.1) is 0 Å². The summed E-state index contributed by atoms with van der Waals surface area (Å²) in [5.41, 5.74) is 1.20. The van der Waals surface area contributed by atoms with E-state index in [2.05, 4.69) is 22.3 Å². The minimum Gasteiger partial charge on any atom is -0.369 e. The molecule has 1 aromatic rings. The Bertz CT molecular complexity index is 542. The van der Waals surface area contributed by atoms with Crippen LogP contribution in [-0.2, 0) is 14.3 Å². The zero-order valence-electron chi connectivity index (χ0n) is 15.2. The van der Waals surface area contributed by atoms with E-state index in [0.29, 0.717) is 26.0 Å². The van der Waals surface area contributed by atoms with Crippen LogP contribution in [0.25, 0.3) is 0 Å². The molecule has 0 aromatic heterocycles. The summed E-state index contributed by atoms with van der Waals surface area (Å²) in [6.07, 6.45) is 0.545. The standard InChI is InChI=1S/C19H29N3O3/c1-3-17(25-4-2)19(24)20-11-10-18(23)22-14-12-21(13-15-22)16-8-6-5-7-9-16/h5-9,17H,3-4,10-15H2,1-2H3,(H,20,24)/t17-/m1/s1. The molecular weight excluding hydrogens is 318 g/mol. The van der Waals surface area contributed by atoms with Crippen LogP contribution in [0.2, 0.25) is 0 Å². The number of benzene rings is 1. The van der Waals surface area contributed by atoms with Gasteiger partial charge in [0.1, 0.15) is 6.10 Å². The molecular formula is C19H29N3O3. The van der Waals surface area contributed by atoms with Crippen molar-refractivity contribution in [2.45, 2.75) is 32.8 Å². The van der Waals surface area contributed by atoms with Crippen LogP contribution in [-0.4, -0.2) is 62.1 Å². The van der Waals surface area contributed by atoms with Crippen molar-refractivity contribution >= 4 is 17.5 Å². The molecule has 1 aliphatic heterocycles. The van der Waals surface area contributed by atoms with Gasteiger partial charge in [-0.3, -0.25) is 9.59 Å². The van der Waals surface area contributed by atoms with Crippen LogP contribution in [0.4, 0.5) is 5.69 Å². The van der Waals surface area contributed by atoms with Crippen LogP contribution in [0.15, 0.2) is 30.3 Å². The molecule has 0 aliphatic carbocycles. The van der Waals surface area contributed by atoms with Crippen molar-refractivity contribution in [2.75, 3.05) is 44.2 Å². The van der Waals surface area contributed by atoms with Gasteiger partial charge in [0.15, 0.2) is 0 Å². The Hall–Kier alpha value is -2.08. The zero-order chi connectivity index (χ0) is 18.1. The highest BCUT2D eigenvalue weighted by molar-refractivity contribution is 5.82. The number of amides is 2. The van der Waals surface area contributed by atoms with E-state index >= 15 is 0 Å². The summed E-state index contributed by atoms with van der Waals surface area (Å²) in [6.45, 7) is 7.77. The zero-order valence-corrected chi connectivity index (χ0v) is 15.2. The number of carbonyl (C=O) groups is 2. The van der Waals surface area contributed by atoms with E-state index in [4.69, 9.17) is 4.74 Å². The van der Waals surface area contributed by atoms with Gasteiger partial charge in [0, 0.05) is 51.4 Å². The summed E-state index contributed by atoms with van der Waals surface area (Å²) in [5.74, 6) is -0.0384. The molecule has 1 N–H and O–H groups in total. The van der Waals surface area contributed by atoms with Gasteiger partial charge in [0.2, 0.25) is 11.8 Å². The number of hydrogen-bond donors (Lipinski definition) is 1. The Morgan fingerprint density at radius 3 is 2.40 bits per heavy atom. The maximum atomic E-state index is 12.3. The van der Waals surface area contributed by atoms with Crippen molar-refractivity contribution in [3.8, 4) is 0 Å². The fraction of sp³-hybridized carbons (Fsp3) is 0.579. The molecule has 0 spiro atoms. The summed E-state index contributed by atoms with van der Waals surface area (Å²) in [7, 11) is 0. The lowest BCUT2D eigenvalue weighted by atomic mass is 10.2. The molecule has 0 unspecified atom stereocenters. The third kappa shape index (κ3) is 5.74. The van der Waals surface area contributed by atoms with Crippen molar-refractivity contribution in [1.29, 1.82) is 0 Å². The van der Waals surface area contributed by atoms with Crippen LogP contribution in [0.1, 0.15) is 26.7 Å². The van der Waals surface area contributed by atoms with Gasteiger partial charge in [-0.15, -0.1) is 0 Å². The maximum Gasteiger partial charge on any atom is 0.249 e. The number of carbonyl (C=O) groups excluding carboxylic acids is 2. The highest BCUT2D eigenvalue weighted by Gasteiger charge is 2.21. The second-order valence-electron chi connectivity index (χ2n) is 6.10. The first-order valence-corrected chi connectivity index (χ1v) is 9.12. The Morgan fingerprint density at radius 2 is 1.80 bits per heavy atom. The van der Waals surface area contributed by atoms with Crippen LogP contribution in [0, 0.1) is 0 Å². The average Bonchev–Trinajstić information content (AvgIpc) is 2.66. The predicted octanol–water partition coefficient (Wildman–Crippen LogP) is 1.66. The van der Waals surface area contributed by atoms with E-state index in [1.807, 2.05) is 36.9 Å². The third-order valence-corrected chi connectivity index (χ3v) is 4.42. The molecule has 1 heterocycles. The third-order valence-electron chi connectivity index (χ3n) is 4.42. The number of piperazine rings is 1. The first kappa shape index (κ1) is 19.2. The van der Waals surface area contributed by atoms with Gasteiger partial charge in [0.25, 0.3) is 0 Å². The Labute approximate surface area is 150 Å². The number of para-hydroxylation sites is 1. The van der Waals surface area contributed by atoms with E-state index in [0.717, 1.165) is 26.2 Å². The second kappa shape index (κ2) is 10.0. The molecule has 0 bridgehead atoms. The van der Waals surface area contributed by atoms with E-state index < -0.39 is 6.10 Å². The SMILES string of the molecule is CCO[C@H](CC)C(=O)NCCC(=O)N1CCN(c2ccccc2)CC1. The summed E-state index contributed by atoms with van der Waals surface area (Å²) in [4.78, 5) is 28.4. The first-order chi connectivity index (χ1) is 12.2. The van der Waals surface area contributed by atoms with E-state index in [1.165, 1.54) is 5.69 Å². The maximum absolute atomic E-state index is 12.3. The second-order valence-corrected chi connectivity index (χ2v) is 6.10. The minimum atomic E-state index is -0.422. The molecule has 1 aromatic carbocycles. The lowest BCUT2D eigenvalue weighted by Crippen LogP contribution is -2.49. The molecule has 25 heavy (non-hydrogen) atoms. The summed E-state index contributed by atoms with van der Waals surface area (Å²) >= 11 is 0. The molecule has 1 atom stereocenters. The predicted molar refractivity (Wildman–Crippen MR) is 98.6 cm³/mol. The molecule has 6 heteroatoms. The van der Waals surface area contributed by atoms with Gasteiger partial charge in [-0.2, -0.15) is 0 Å². The molecule has 1 fully saturated rings. The Balaban J connectivity index is 1.69. The minimum absolute atomic E-state index is 0.0949. The van der Waals surface area contributed by atoms with Crippen molar-refractivity contribution in [2.24, 2.45) is 0 Å². The number of ether oxygens (including phenoxy) is 1. The lowest BCUT2D eigenvalue weighted by Gasteiger charge is -2.36. The van der Waals surface area contributed by atoms with E-state index in [1.54, 1.807) is 0 Å². The van der Waals surface area contributed by atoms with Gasteiger partial charge >= 0.3 is 0 Å². The number of nitrogens with one attached hydrogen (secondary N) is 1. The normalized spacial score (nSPS) is 15.8. The van der Waals surface area contributed by atoms with Crippen molar-refractivity contribution < 1.29 is 14.3 Å². The largest absolute Gasteiger partial charge is 0.369 e. The fourth-order valence-electron chi connectivity index (χ4n) is 3.00. The highest BCUT2D eigenvalue weighted by Crippen LogP contribution is 2.15. The van der Waals surface area contributed by atoms with Gasteiger partial charge in [-0.05, 0) is 25.5 Å². The summed E-state index contributed by atoms with van der Waals surface area (Å²) in [5, 5.41) is 2.80. The highest BCUT2D eigenvalue weighted by atomic mass is 16.5. The molecule has 1 aliphatic rings. The first-order valence-electron chi connectivity index (χ1n) is 9.12. The van der Waals surface area contributed by atoms with E-state index in [-0.39, 0.29) is 11.8 Å². The lowest BCUT2D eigenvalue weighted by molar-refractivity contribution is -0.133. The Kier molecular flexibility index (Phi) is 7.73. The number of rotatable bonds is 8. The average molecular weight is 347 g/mol. The summed E-state index contributed by atoms with van der Waals surface area (Å²) < 4.78 is 5.37. The van der Waals surface area contributed by atoms with Crippen molar-refractivity contribution in [1.82, 2.24) is 10.2 Å². The number of hydrogen-bond acceptors (Lipinski definition) is 4. The van der Waals surface area contributed by atoms with E-state index in [9.17, 15) is 9.59 Å². The Morgan fingerprint density at radius 1 is 1.12 bits per heavy atom. The van der Waals surface area contributed by atoms with Crippen molar-refractivity contribution in [3.05, 3.63) is 30.3 Å². The van der Waals surface area contributed by atoms with Gasteiger partial charge in [-0.1, -0.05) is 25.1 Å². The van der Waals surface area contributed by atoms with Crippen LogP contribution < -0.4 is 10.2 Å². The van der Waals surface area contributed by atoms with Crippen molar-refractivity contribution in [3.63, 3.8) is 0 Å². The monoisotopic (exact) mass is 347 g/mol. The summed E-state index contributed by atoms with van der Waals surface area (Å²) in [6, 6.07) is 10.3. The van der Waals surface area contributed by atoms with Gasteiger partial charge < -0.3 is 19.9 Å². The quantitative estimate of drug-likeness (QED) is 0.777. The molecule has 2 rings (SSSR count). The molecule has 6 nitrogen and oxygen atoms in total. The topological polar surface area (TPSA) is 61.9 Å². The molecule has 138 valence electrons. The molecule has 0 radical (unpaired) electrons. The molecule has 2 amide bonds. The molecule has 0 saturated carbocycles. The fourth-order valence-corrected chi connectivity index (χ4v) is 3.00. The number of anilines is 1. The van der Waals surface area contributed by atoms with Crippen LogP contribution >= 0.6 is 0 Å². The molecule has 1 saturated heterocycles. The van der Waals surface area contributed by atoms with Crippen LogP contribution in [0.3, 0.4) is 0 Å². The van der Waals surface area contributed by atoms with Gasteiger partial charge in [-0.25, -0.2) is 0 Å². The van der Waals surface area contributed by atoms with Crippen LogP contribution in [0.5, 0.6) is 0 Å². The smallest absolute Gasteiger partial charge is 0.249 e. The number of nitrogens with zero attached hydrogens (tertiary/aromatic N) is 2.